The van der Waals surface area contributed by atoms with Crippen molar-refractivity contribution in [2.24, 2.45) is 7.05 Å². The first-order valence-electron chi connectivity index (χ1n) is 6.27. The lowest BCUT2D eigenvalue weighted by atomic mass is 9.89. The van der Waals surface area contributed by atoms with Gasteiger partial charge in [0.25, 0.3) is 0 Å². The van der Waals surface area contributed by atoms with Gasteiger partial charge in [0.1, 0.15) is 0 Å². The van der Waals surface area contributed by atoms with E-state index in [4.69, 9.17) is 5.10 Å². The molecule has 0 spiro atoms. The van der Waals surface area contributed by atoms with Crippen LogP contribution in [-0.4, -0.2) is 9.78 Å². The molecule has 0 aliphatic rings. The lowest BCUT2D eigenvalue weighted by Gasteiger charge is -2.18. The average molecular weight is 356 g/mol. The minimum atomic E-state index is 0.0842. The quantitative estimate of drug-likeness (QED) is 0.542. The van der Waals surface area contributed by atoms with Gasteiger partial charge >= 0.3 is 0 Å². The van der Waals surface area contributed by atoms with Crippen LogP contribution in [0.15, 0.2) is 18.2 Å². The van der Waals surface area contributed by atoms with Crippen molar-refractivity contribution in [1.29, 1.82) is 0 Å². The zero-order chi connectivity index (χ0) is 13.7. The van der Waals surface area contributed by atoms with Crippen LogP contribution in [0.25, 0.3) is 10.9 Å². The highest BCUT2D eigenvalue weighted by Crippen LogP contribution is 2.35. The van der Waals surface area contributed by atoms with Gasteiger partial charge in [-0.05, 0) is 25.5 Å². The number of rotatable bonds is 1. The molecule has 0 unspecified atom stereocenters. The Morgan fingerprint density at radius 2 is 1.72 bits per heavy atom. The summed E-state index contributed by atoms with van der Waals surface area (Å²) in [6, 6.07) is 6.72. The topological polar surface area (TPSA) is 17.8 Å². The highest BCUT2D eigenvalue weighted by atomic mass is 127. The van der Waals surface area contributed by atoms with Crippen LogP contribution in [0.5, 0.6) is 0 Å². The fourth-order valence-electron chi connectivity index (χ4n) is 2.18. The molecule has 1 aromatic heterocycles. The molecule has 2 rings (SSSR count). The van der Waals surface area contributed by atoms with Crippen LogP contribution in [0.4, 0.5) is 0 Å². The van der Waals surface area contributed by atoms with Crippen LogP contribution in [0.1, 0.15) is 45.9 Å². The van der Waals surface area contributed by atoms with Gasteiger partial charge in [-0.3, -0.25) is 4.68 Å². The summed E-state index contributed by atoms with van der Waals surface area (Å²) < 4.78 is 2.15. The predicted molar refractivity (Wildman–Crippen MR) is 86.5 cm³/mol. The Kier molecular flexibility index (Phi) is 3.24. The van der Waals surface area contributed by atoms with Gasteiger partial charge in [0.2, 0.25) is 0 Å². The largest absolute Gasteiger partial charge is 0.268 e. The van der Waals surface area contributed by atoms with Crippen molar-refractivity contribution in [3.05, 3.63) is 29.5 Å². The zero-order valence-electron chi connectivity index (χ0n) is 12.0. The number of benzene rings is 1. The molecule has 2 nitrogen and oxygen atoms in total. The van der Waals surface area contributed by atoms with Gasteiger partial charge in [-0.15, -0.1) is 0 Å². The highest BCUT2D eigenvalue weighted by molar-refractivity contribution is 14.1. The molecule has 0 fully saturated rings. The van der Waals surface area contributed by atoms with Gasteiger partial charge in [0, 0.05) is 21.3 Å². The Balaban J connectivity index is 2.71. The van der Waals surface area contributed by atoms with E-state index in [1.165, 1.54) is 22.2 Å². The van der Waals surface area contributed by atoms with Crippen LogP contribution >= 0.6 is 22.6 Å². The SMILES string of the molecule is Cn1nc(C(C)(C)C)c2ccc(C(C)(C)I)cc21. The van der Waals surface area contributed by atoms with Crippen LogP contribution in [0, 0.1) is 0 Å². The summed E-state index contributed by atoms with van der Waals surface area (Å²) in [4.78, 5) is 0. The molecule has 1 aromatic carbocycles. The third-order valence-corrected chi connectivity index (χ3v) is 3.87. The average Bonchev–Trinajstić information content (AvgIpc) is 2.54. The van der Waals surface area contributed by atoms with Gasteiger partial charge in [-0.25, -0.2) is 0 Å². The third kappa shape index (κ3) is 2.42. The number of fused-ring (bicyclic) bond motifs is 1. The molecule has 0 radical (unpaired) electrons. The normalized spacial score (nSPS) is 13.3. The number of hydrogen-bond donors (Lipinski definition) is 0. The van der Waals surface area contributed by atoms with Gasteiger partial charge in [-0.2, -0.15) is 5.10 Å². The first-order valence-corrected chi connectivity index (χ1v) is 7.35. The van der Waals surface area contributed by atoms with Crippen LogP contribution in [-0.2, 0) is 15.9 Å². The predicted octanol–water partition coefficient (Wildman–Crippen LogP) is 4.54. The van der Waals surface area contributed by atoms with Gasteiger partial charge in [0.15, 0.2) is 0 Å². The second-order valence-corrected chi connectivity index (χ2v) is 9.12. The fourth-order valence-corrected chi connectivity index (χ4v) is 2.52. The van der Waals surface area contributed by atoms with E-state index in [0.29, 0.717) is 0 Å². The number of nitrogens with zero attached hydrogens (tertiary/aromatic N) is 2. The smallest absolute Gasteiger partial charge is 0.0756 e. The molecule has 0 amide bonds. The summed E-state index contributed by atoms with van der Waals surface area (Å²) in [5.74, 6) is 0. The zero-order valence-corrected chi connectivity index (χ0v) is 14.2. The van der Waals surface area contributed by atoms with Crippen molar-refractivity contribution in [1.82, 2.24) is 9.78 Å². The summed E-state index contributed by atoms with van der Waals surface area (Å²) in [5, 5.41) is 5.97. The molecule has 1 heterocycles. The molecule has 18 heavy (non-hydrogen) atoms. The summed E-state index contributed by atoms with van der Waals surface area (Å²) >= 11 is 2.48. The van der Waals surface area contributed by atoms with Crippen molar-refractivity contribution in [3.63, 3.8) is 0 Å². The number of aryl methyl sites for hydroxylation is 1. The van der Waals surface area contributed by atoms with Crippen molar-refractivity contribution in [2.75, 3.05) is 0 Å². The molecule has 0 aliphatic carbocycles. The number of alkyl halides is 1. The molecule has 0 N–H and O–H groups in total. The van der Waals surface area contributed by atoms with E-state index in [-0.39, 0.29) is 8.84 Å². The summed E-state index contributed by atoms with van der Waals surface area (Å²) in [5.41, 5.74) is 3.83. The van der Waals surface area contributed by atoms with Crippen LogP contribution in [0.3, 0.4) is 0 Å². The van der Waals surface area contributed by atoms with E-state index < -0.39 is 0 Å². The van der Waals surface area contributed by atoms with E-state index in [0.717, 1.165) is 0 Å². The molecule has 0 bridgehead atoms. The van der Waals surface area contributed by atoms with E-state index in [1.807, 2.05) is 11.7 Å². The lowest BCUT2D eigenvalue weighted by molar-refractivity contribution is 0.558. The Labute approximate surface area is 123 Å². The number of aromatic nitrogens is 2. The van der Waals surface area contributed by atoms with Gasteiger partial charge in [0.05, 0.1) is 11.2 Å². The standard InChI is InChI=1S/C15H21IN2/c1-14(2,3)13-11-8-7-10(15(4,5)16)9-12(11)18(6)17-13/h7-9H,1-6H3. The molecule has 98 valence electrons. The minimum absolute atomic E-state index is 0.0842. The second kappa shape index (κ2) is 4.22. The molecule has 0 saturated heterocycles. The molecular weight excluding hydrogens is 335 g/mol. The Morgan fingerprint density at radius 3 is 2.22 bits per heavy atom. The Morgan fingerprint density at radius 1 is 1.11 bits per heavy atom. The molecule has 0 saturated carbocycles. The van der Waals surface area contributed by atoms with Crippen molar-refractivity contribution in [3.8, 4) is 0 Å². The minimum Gasteiger partial charge on any atom is -0.268 e. The van der Waals surface area contributed by atoms with Crippen molar-refractivity contribution < 1.29 is 0 Å². The van der Waals surface area contributed by atoms with E-state index >= 15 is 0 Å². The molecule has 0 atom stereocenters. The Bertz CT molecular complexity index is 583. The van der Waals surface area contributed by atoms with Crippen LogP contribution in [0.2, 0.25) is 0 Å². The first kappa shape index (κ1) is 13.8. The van der Waals surface area contributed by atoms with Crippen molar-refractivity contribution in [2.45, 2.75) is 43.5 Å². The number of halogens is 1. The fraction of sp³-hybridized carbons (Fsp3) is 0.533. The van der Waals surface area contributed by atoms with Gasteiger partial charge in [-0.1, -0.05) is 55.5 Å². The Hall–Kier alpha value is -0.580. The third-order valence-electron chi connectivity index (χ3n) is 3.25. The first-order chi connectivity index (χ1) is 8.10. The molecular formula is C15H21IN2. The molecule has 3 heteroatoms. The molecule has 0 aliphatic heterocycles. The van der Waals surface area contributed by atoms with Gasteiger partial charge < -0.3 is 0 Å². The maximum Gasteiger partial charge on any atom is 0.0756 e. The maximum atomic E-state index is 4.70. The van der Waals surface area contributed by atoms with Crippen molar-refractivity contribution >= 4 is 33.5 Å². The van der Waals surface area contributed by atoms with E-state index in [2.05, 4.69) is 75.4 Å². The van der Waals surface area contributed by atoms with E-state index in [9.17, 15) is 0 Å². The number of hydrogen-bond acceptors (Lipinski definition) is 1. The second-order valence-electron chi connectivity index (χ2n) is 6.43. The summed E-state index contributed by atoms with van der Waals surface area (Å²) in [6.07, 6.45) is 0. The monoisotopic (exact) mass is 356 g/mol. The lowest BCUT2D eigenvalue weighted by Crippen LogP contribution is -2.12. The molecule has 2 aromatic rings. The summed E-state index contributed by atoms with van der Waals surface area (Å²) in [7, 11) is 2.03. The summed E-state index contributed by atoms with van der Waals surface area (Å²) in [6.45, 7) is 11.1. The highest BCUT2D eigenvalue weighted by Gasteiger charge is 2.23. The maximum absolute atomic E-state index is 4.70. The van der Waals surface area contributed by atoms with Crippen LogP contribution < -0.4 is 0 Å². The van der Waals surface area contributed by atoms with E-state index in [1.54, 1.807) is 0 Å².